The van der Waals surface area contributed by atoms with Crippen LogP contribution in [-0.4, -0.2) is 23.2 Å². The van der Waals surface area contributed by atoms with Gasteiger partial charge < -0.3 is 10.4 Å². The van der Waals surface area contributed by atoms with E-state index in [2.05, 4.69) is 15.8 Å². The normalized spacial score (nSPS) is 10.3. The van der Waals surface area contributed by atoms with Crippen molar-refractivity contribution in [2.24, 2.45) is 5.10 Å². The van der Waals surface area contributed by atoms with Gasteiger partial charge in [0.25, 0.3) is 5.91 Å². The molecule has 6 heteroatoms. The van der Waals surface area contributed by atoms with E-state index < -0.39 is 11.9 Å². The molecule has 21 heavy (non-hydrogen) atoms. The topological polar surface area (TPSA) is 90.8 Å². The molecular formula is C15H13N3O3. The van der Waals surface area contributed by atoms with Gasteiger partial charge in [-0.15, -0.1) is 0 Å². The second-order valence-electron chi connectivity index (χ2n) is 4.08. The predicted octanol–water partition coefficient (Wildman–Crippen LogP) is 2.42. The summed E-state index contributed by atoms with van der Waals surface area (Å²) in [5.41, 5.74) is 3.68. The highest BCUT2D eigenvalue weighted by Crippen LogP contribution is 2.14. The zero-order valence-electron chi connectivity index (χ0n) is 11.0. The molecule has 0 saturated heterocycles. The van der Waals surface area contributed by atoms with Gasteiger partial charge in [0.15, 0.2) is 0 Å². The summed E-state index contributed by atoms with van der Waals surface area (Å²) >= 11 is 0. The number of aromatic carboxylic acids is 1. The van der Waals surface area contributed by atoms with Crippen LogP contribution in [0.3, 0.4) is 0 Å². The Balaban J connectivity index is 1.98. The number of hydrazone groups is 1. The maximum atomic E-state index is 11.7. The van der Waals surface area contributed by atoms with Crippen LogP contribution in [0.15, 0.2) is 59.7 Å². The van der Waals surface area contributed by atoms with E-state index in [9.17, 15) is 9.59 Å². The zero-order valence-corrected chi connectivity index (χ0v) is 11.0. The molecule has 0 unspecified atom stereocenters. The van der Waals surface area contributed by atoms with E-state index in [4.69, 9.17) is 5.11 Å². The Morgan fingerprint density at radius 3 is 2.38 bits per heavy atom. The van der Waals surface area contributed by atoms with Crippen LogP contribution in [0.2, 0.25) is 0 Å². The first-order valence-electron chi connectivity index (χ1n) is 6.14. The number of nitrogens with zero attached hydrogens (tertiary/aromatic N) is 1. The highest BCUT2D eigenvalue weighted by atomic mass is 16.4. The molecule has 3 N–H and O–H groups in total. The minimum absolute atomic E-state index is 0.0234. The second-order valence-corrected chi connectivity index (χ2v) is 4.08. The lowest BCUT2D eigenvalue weighted by Gasteiger charge is -2.05. The third-order valence-corrected chi connectivity index (χ3v) is 2.56. The van der Waals surface area contributed by atoms with Gasteiger partial charge in [0, 0.05) is 0 Å². The highest BCUT2D eigenvalue weighted by molar-refractivity contribution is 6.32. The summed E-state index contributed by atoms with van der Waals surface area (Å²) < 4.78 is 0. The van der Waals surface area contributed by atoms with E-state index >= 15 is 0 Å². The summed E-state index contributed by atoms with van der Waals surface area (Å²) in [7, 11) is 0. The van der Waals surface area contributed by atoms with E-state index in [0.29, 0.717) is 0 Å². The largest absolute Gasteiger partial charge is 0.478 e. The quantitative estimate of drug-likeness (QED) is 0.580. The molecule has 0 fully saturated rings. The van der Waals surface area contributed by atoms with Crippen LogP contribution in [0.25, 0.3) is 0 Å². The molecule has 6 nitrogen and oxygen atoms in total. The molecule has 1 amide bonds. The van der Waals surface area contributed by atoms with Crippen molar-refractivity contribution >= 4 is 29.5 Å². The Hall–Kier alpha value is -3.15. The first-order valence-corrected chi connectivity index (χ1v) is 6.14. The van der Waals surface area contributed by atoms with Crippen LogP contribution in [0.5, 0.6) is 0 Å². The van der Waals surface area contributed by atoms with Gasteiger partial charge >= 0.3 is 5.97 Å². The monoisotopic (exact) mass is 283 g/mol. The maximum absolute atomic E-state index is 11.7. The van der Waals surface area contributed by atoms with Gasteiger partial charge in [0.1, 0.15) is 6.21 Å². The number of nitrogens with one attached hydrogen (secondary N) is 2. The summed E-state index contributed by atoms with van der Waals surface area (Å²) in [6.45, 7) is 0. The summed E-state index contributed by atoms with van der Waals surface area (Å²) in [4.78, 5) is 22.7. The van der Waals surface area contributed by atoms with E-state index in [1.54, 1.807) is 24.3 Å². The van der Waals surface area contributed by atoms with E-state index in [1.165, 1.54) is 12.1 Å². The SMILES string of the molecule is O=C(/C=N/Nc1ccccc1)Nc1ccccc1C(=O)O. The molecule has 0 bridgehead atoms. The Bertz CT molecular complexity index is 669. The van der Waals surface area contributed by atoms with Crippen molar-refractivity contribution in [1.29, 1.82) is 0 Å². The first-order chi connectivity index (χ1) is 10.2. The molecule has 106 valence electrons. The number of rotatable bonds is 5. The number of hydrogen-bond acceptors (Lipinski definition) is 4. The zero-order chi connectivity index (χ0) is 15.1. The molecule has 0 atom stereocenters. The molecule has 0 aliphatic heterocycles. The fraction of sp³-hybridized carbons (Fsp3) is 0. The molecule has 0 aromatic heterocycles. The average molecular weight is 283 g/mol. The number of carbonyl (C=O) groups excluding carboxylic acids is 1. The number of hydrogen-bond donors (Lipinski definition) is 3. The molecule has 2 aromatic rings. The standard InChI is InChI=1S/C15H13N3O3/c19-14(10-16-18-11-6-2-1-3-7-11)17-13-9-5-4-8-12(13)15(20)21/h1-10,18H,(H,17,19)(H,20,21)/b16-10+. The fourth-order valence-electron chi connectivity index (χ4n) is 1.62. The number of carbonyl (C=O) groups is 2. The Kier molecular flexibility index (Phi) is 4.66. The van der Waals surface area contributed by atoms with Crippen LogP contribution in [0, 0.1) is 0 Å². The molecule has 0 saturated carbocycles. The fourth-order valence-corrected chi connectivity index (χ4v) is 1.62. The minimum Gasteiger partial charge on any atom is -0.478 e. The molecule has 2 rings (SSSR count). The van der Waals surface area contributed by atoms with E-state index in [1.807, 2.05) is 18.2 Å². The van der Waals surface area contributed by atoms with Crippen molar-refractivity contribution in [2.45, 2.75) is 0 Å². The number of carboxylic acids is 1. The van der Waals surface area contributed by atoms with Crippen molar-refractivity contribution in [3.8, 4) is 0 Å². The highest BCUT2D eigenvalue weighted by Gasteiger charge is 2.10. The minimum atomic E-state index is -1.11. The molecule has 0 aliphatic rings. The lowest BCUT2D eigenvalue weighted by Crippen LogP contribution is -2.16. The molecule has 0 aliphatic carbocycles. The van der Waals surface area contributed by atoms with Crippen LogP contribution >= 0.6 is 0 Å². The Morgan fingerprint density at radius 1 is 1.00 bits per heavy atom. The Labute approximate surface area is 121 Å². The van der Waals surface area contributed by atoms with Crippen molar-refractivity contribution in [3.63, 3.8) is 0 Å². The van der Waals surface area contributed by atoms with Gasteiger partial charge in [-0.05, 0) is 24.3 Å². The van der Waals surface area contributed by atoms with Gasteiger partial charge in [-0.2, -0.15) is 5.10 Å². The van der Waals surface area contributed by atoms with Crippen molar-refractivity contribution in [2.75, 3.05) is 10.7 Å². The number of para-hydroxylation sites is 2. The Morgan fingerprint density at radius 2 is 1.67 bits per heavy atom. The third kappa shape index (κ3) is 4.17. The number of anilines is 2. The van der Waals surface area contributed by atoms with Crippen LogP contribution in [0.1, 0.15) is 10.4 Å². The first kappa shape index (κ1) is 14.3. The average Bonchev–Trinajstić information content (AvgIpc) is 2.48. The van der Waals surface area contributed by atoms with Crippen LogP contribution < -0.4 is 10.7 Å². The predicted molar refractivity (Wildman–Crippen MR) is 80.6 cm³/mol. The maximum Gasteiger partial charge on any atom is 0.337 e. The third-order valence-electron chi connectivity index (χ3n) is 2.56. The molecule has 2 aromatic carbocycles. The second kappa shape index (κ2) is 6.85. The molecular weight excluding hydrogens is 270 g/mol. The van der Waals surface area contributed by atoms with Crippen molar-refractivity contribution in [1.82, 2.24) is 0 Å². The molecule has 0 heterocycles. The van der Waals surface area contributed by atoms with Gasteiger partial charge in [-0.25, -0.2) is 4.79 Å². The summed E-state index contributed by atoms with van der Waals surface area (Å²) in [6.07, 6.45) is 1.05. The lowest BCUT2D eigenvalue weighted by molar-refractivity contribution is -0.109. The van der Waals surface area contributed by atoms with E-state index in [0.717, 1.165) is 11.9 Å². The summed E-state index contributed by atoms with van der Waals surface area (Å²) in [5, 5.41) is 15.3. The molecule has 0 radical (unpaired) electrons. The van der Waals surface area contributed by atoms with Crippen molar-refractivity contribution < 1.29 is 14.7 Å². The smallest absolute Gasteiger partial charge is 0.337 e. The van der Waals surface area contributed by atoms with Gasteiger partial charge in [-0.3, -0.25) is 10.2 Å². The summed E-state index contributed by atoms with van der Waals surface area (Å²) in [6, 6.07) is 15.3. The van der Waals surface area contributed by atoms with Gasteiger partial charge in [0.05, 0.1) is 16.9 Å². The molecule has 0 spiro atoms. The van der Waals surface area contributed by atoms with E-state index in [-0.39, 0.29) is 11.3 Å². The van der Waals surface area contributed by atoms with Gasteiger partial charge in [-0.1, -0.05) is 30.3 Å². The van der Waals surface area contributed by atoms with Gasteiger partial charge in [0.2, 0.25) is 0 Å². The number of benzene rings is 2. The number of carboxylic acid groups (broad SMARTS) is 1. The lowest BCUT2D eigenvalue weighted by atomic mass is 10.2. The van der Waals surface area contributed by atoms with Crippen molar-refractivity contribution in [3.05, 3.63) is 60.2 Å². The number of amides is 1. The van der Waals surface area contributed by atoms with Crippen LogP contribution in [0.4, 0.5) is 11.4 Å². The summed E-state index contributed by atoms with van der Waals surface area (Å²) in [5.74, 6) is -1.63. The van der Waals surface area contributed by atoms with Crippen LogP contribution in [-0.2, 0) is 4.79 Å².